The number of Topliss-reactive ketones (excluding diaryl/α,β-unsaturated/α-hetero) is 1. The Bertz CT molecular complexity index is 429. The fourth-order valence-electron chi connectivity index (χ4n) is 1.82. The second kappa shape index (κ2) is 5.83. The molecular weight excluding hydrogens is 255 g/mol. The Labute approximate surface area is 106 Å². The number of rotatable bonds is 7. The summed E-state index contributed by atoms with van der Waals surface area (Å²) in [6, 6.07) is 3.70. The van der Waals surface area contributed by atoms with Crippen molar-refractivity contribution in [1.29, 1.82) is 0 Å². The van der Waals surface area contributed by atoms with Crippen LogP contribution in [0.5, 0.6) is 0 Å². The second-order valence-corrected chi connectivity index (χ2v) is 6.72. The van der Waals surface area contributed by atoms with Gasteiger partial charge in [-0.1, -0.05) is 13.8 Å². The lowest BCUT2D eigenvalue weighted by molar-refractivity contribution is -0.117. The molecule has 0 aliphatic carbocycles. The number of carbonyl (C=O) groups is 1. The average molecular weight is 274 g/mol. The monoisotopic (exact) mass is 274 g/mol. The zero-order valence-electron chi connectivity index (χ0n) is 10.6. The van der Waals surface area contributed by atoms with E-state index in [4.69, 9.17) is 14.2 Å². The SMILES string of the molecule is CC(C)(CCCC(=O)CP(=O)(O)O)c1ccco1. The first-order chi connectivity index (χ1) is 8.21. The van der Waals surface area contributed by atoms with Crippen molar-refractivity contribution in [3.63, 3.8) is 0 Å². The minimum atomic E-state index is -4.22. The highest BCUT2D eigenvalue weighted by Gasteiger charge is 2.24. The van der Waals surface area contributed by atoms with Gasteiger partial charge in [-0.15, -0.1) is 0 Å². The van der Waals surface area contributed by atoms with Gasteiger partial charge in [0, 0.05) is 11.8 Å². The van der Waals surface area contributed by atoms with Crippen LogP contribution in [0, 0.1) is 0 Å². The number of furan rings is 1. The molecule has 1 aromatic heterocycles. The Morgan fingerprint density at radius 1 is 1.44 bits per heavy atom. The summed E-state index contributed by atoms with van der Waals surface area (Å²) >= 11 is 0. The summed E-state index contributed by atoms with van der Waals surface area (Å²) < 4.78 is 16.0. The Morgan fingerprint density at radius 3 is 2.61 bits per heavy atom. The van der Waals surface area contributed by atoms with Crippen molar-refractivity contribution in [3.05, 3.63) is 24.2 Å². The summed E-state index contributed by atoms with van der Waals surface area (Å²) in [6.45, 7) is 4.03. The zero-order chi connectivity index (χ0) is 13.8. The third kappa shape index (κ3) is 5.17. The number of hydrogen-bond acceptors (Lipinski definition) is 3. The van der Waals surface area contributed by atoms with Crippen molar-refractivity contribution in [3.8, 4) is 0 Å². The first-order valence-electron chi connectivity index (χ1n) is 5.81. The fraction of sp³-hybridized carbons (Fsp3) is 0.583. The summed E-state index contributed by atoms with van der Waals surface area (Å²) in [5, 5.41) is 0. The molecule has 6 heteroatoms. The second-order valence-electron chi connectivity index (χ2n) is 5.08. The van der Waals surface area contributed by atoms with Crippen LogP contribution >= 0.6 is 7.60 Å². The maximum atomic E-state index is 11.3. The average Bonchev–Trinajstić information content (AvgIpc) is 2.66. The van der Waals surface area contributed by atoms with Gasteiger partial charge in [0.25, 0.3) is 0 Å². The minimum Gasteiger partial charge on any atom is -0.469 e. The van der Waals surface area contributed by atoms with Gasteiger partial charge in [0.1, 0.15) is 17.7 Å². The van der Waals surface area contributed by atoms with Gasteiger partial charge >= 0.3 is 7.60 Å². The predicted molar refractivity (Wildman–Crippen MR) is 67.5 cm³/mol. The lowest BCUT2D eigenvalue weighted by Crippen LogP contribution is -2.17. The van der Waals surface area contributed by atoms with E-state index in [2.05, 4.69) is 0 Å². The molecule has 1 aromatic rings. The smallest absolute Gasteiger partial charge is 0.332 e. The van der Waals surface area contributed by atoms with Crippen LogP contribution in [-0.4, -0.2) is 21.7 Å². The van der Waals surface area contributed by atoms with Gasteiger partial charge in [-0.05, 0) is 25.0 Å². The van der Waals surface area contributed by atoms with Gasteiger partial charge < -0.3 is 14.2 Å². The van der Waals surface area contributed by atoms with E-state index in [-0.39, 0.29) is 11.8 Å². The lowest BCUT2D eigenvalue weighted by Gasteiger charge is -2.21. The van der Waals surface area contributed by atoms with Crippen LogP contribution in [0.2, 0.25) is 0 Å². The fourth-order valence-corrected chi connectivity index (χ4v) is 2.44. The predicted octanol–water partition coefficient (Wildman–Crippen LogP) is 2.47. The topological polar surface area (TPSA) is 87.7 Å². The molecule has 1 heterocycles. The summed E-state index contributed by atoms with van der Waals surface area (Å²) in [7, 11) is -4.22. The molecule has 2 N–H and O–H groups in total. The Morgan fingerprint density at radius 2 is 2.11 bits per heavy atom. The van der Waals surface area contributed by atoms with E-state index in [1.165, 1.54) is 0 Å². The third-order valence-electron chi connectivity index (χ3n) is 2.83. The van der Waals surface area contributed by atoms with Crippen LogP contribution in [0.3, 0.4) is 0 Å². The van der Waals surface area contributed by atoms with E-state index in [1.54, 1.807) is 6.26 Å². The molecule has 0 saturated heterocycles. The van der Waals surface area contributed by atoms with Crippen LogP contribution in [0.15, 0.2) is 22.8 Å². The Kier molecular flexibility index (Phi) is 4.91. The van der Waals surface area contributed by atoms with Crippen molar-refractivity contribution in [2.45, 2.75) is 38.5 Å². The largest absolute Gasteiger partial charge is 0.469 e. The molecule has 18 heavy (non-hydrogen) atoms. The number of carbonyl (C=O) groups excluding carboxylic acids is 1. The van der Waals surface area contributed by atoms with Crippen molar-refractivity contribution < 1.29 is 23.6 Å². The Balaban J connectivity index is 2.38. The van der Waals surface area contributed by atoms with Gasteiger partial charge in [0.2, 0.25) is 0 Å². The van der Waals surface area contributed by atoms with Gasteiger partial charge in [0.15, 0.2) is 0 Å². The van der Waals surface area contributed by atoms with Crippen LogP contribution in [0.4, 0.5) is 0 Å². The molecule has 1 rings (SSSR count). The molecular formula is C12H19O5P. The molecule has 0 radical (unpaired) electrons. The standard InChI is InChI=1S/C12H19O5P/c1-12(2,11-6-4-8-17-11)7-3-5-10(13)9-18(14,15)16/h4,6,8H,3,5,7,9H2,1-2H3,(H2,14,15,16). The first-order valence-corrected chi connectivity index (χ1v) is 7.61. The molecule has 0 saturated carbocycles. The van der Waals surface area contributed by atoms with Crippen molar-refractivity contribution in [2.24, 2.45) is 0 Å². The lowest BCUT2D eigenvalue weighted by atomic mass is 9.84. The molecule has 0 atom stereocenters. The van der Waals surface area contributed by atoms with E-state index >= 15 is 0 Å². The molecule has 0 aliphatic rings. The summed E-state index contributed by atoms with van der Waals surface area (Å²) in [6.07, 6.45) is 2.46. The highest BCUT2D eigenvalue weighted by Crippen LogP contribution is 2.35. The van der Waals surface area contributed by atoms with Crippen molar-refractivity contribution >= 4 is 13.4 Å². The van der Waals surface area contributed by atoms with Gasteiger partial charge in [0.05, 0.1) is 6.26 Å². The molecule has 0 amide bonds. The summed E-state index contributed by atoms with van der Waals surface area (Å²) in [5.74, 6) is 0.462. The van der Waals surface area contributed by atoms with Crippen LogP contribution in [0.25, 0.3) is 0 Å². The quantitative estimate of drug-likeness (QED) is 0.746. The molecule has 0 bridgehead atoms. The van der Waals surface area contributed by atoms with Crippen LogP contribution in [-0.2, 0) is 14.8 Å². The molecule has 0 unspecified atom stereocenters. The third-order valence-corrected chi connectivity index (χ3v) is 3.59. The van der Waals surface area contributed by atoms with Crippen LogP contribution in [0.1, 0.15) is 38.9 Å². The number of ketones is 1. The molecule has 0 aromatic carbocycles. The normalized spacial score (nSPS) is 12.7. The van der Waals surface area contributed by atoms with E-state index in [1.807, 2.05) is 26.0 Å². The minimum absolute atomic E-state index is 0.175. The van der Waals surface area contributed by atoms with E-state index in [9.17, 15) is 9.36 Å². The van der Waals surface area contributed by atoms with Crippen molar-refractivity contribution in [2.75, 3.05) is 6.16 Å². The molecule has 0 aliphatic heterocycles. The molecule has 102 valence electrons. The number of hydrogen-bond donors (Lipinski definition) is 2. The summed E-state index contributed by atoms with van der Waals surface area (Å²) in [4.78, 5) is 28.7. The van der Waals surface area contributed by atoms with E-state index in [0.717, 1.165) is 12.2 Å². The molecule has 5 nitrogen and oxygen atoms in total. The summed E-state index contributed by atoms with van der Waals surface area (Å²) in [5.41, 5.74) is -0.175. The van der Waals surface area contributed by atoms with E-state index < -0.39 is 19.5 Å². The highest BCUT2D eigenvalue weighted by molar-refractivity contribution is 7.52. The maximum absolute atomic E-state index is 11.3. The van der Waals surface area contributed by atoms with Gasteiger partial charge in [-0.2, -0.15) is 0 Å². The van der Waals surface area contributed by atoms with Gasteiger partial charge in [-0.3, -0.25) is 9.36 Å². The van der Waals surface area contributed by atoms with Crippen molar-refractivity contribution in [1.82, 2.24) is 0 Å². The zero-order valence-corrected chi connectivity index (χ0v) is 11.5. The first kappa shape index (κ1) is 15.2. The van der Waals surface area contributed by atoms with E-state index in [0.29, 0.717) is 6.42 Å². The van der Waals surface area contributed by atoms with Gasteiger partial charge in [-0.25, -0.2) is 0 Å². The molecule has 0 spiro atoms. The Hall–Kier alpha value is -0.900. The molecule has 0 fully saturated rings. The highest BCUT2D eigenvalue weighted by atomic mass is 31.2. The maximum Gasteiger partial charge on any atom is 0.332 e. The van der Waals surface area contributed by atoms with Crippen LogP contribution < -0.4 is 0 Å².